The van der Waals surface area contributed by atoms with Gasteiger partial charge in [0.2, 0.25) is 0 Å². The summed E-state index contributed by atoms with van der Waals surface area (Å²) in [7, 11) is 0. The van der Waals surface area contributed by atoms with Crippen LogP contribution in [0.25, 0.3) is 0 Å². The summed E-state index contributed by atoms with van der Waals surface area (Å²) in [5, 5.41) is 32.8. The molecule has 2 rings (SSSR count). The molecule has 25 heavy (non-hydrogen) atoms. The zero-order chi connectivity index (χ0) is 19.0. The van der Waals surface area contributed by atoms with Crippen LogP contribution in [0.1, 0.15) is 18.5 Å². The van der Waals surface area contributed by atoms with Gasteiger partial charge in [0.15, 0.2) is 16.6 Å². The molecule has 0 unspecified atom stereocenters. The molecule has 0 saturated carbocycles. The Morgan fingerprint density at radius 3 is 2.52 bits per heavy atom. The summed E-state index contributed by atoms with van der Waals surface area (Å²) in [6, 6.07) is 1.71. The number of ether oxygens (including phenoxy) is 1. The van der Waals surface area contributed by atoms with Crippen molar-refractivity contribution in [2.75, 3.05) is 6.61 Å². The number of alkyl halides is 3. The summed E-state index contributed by atoms with van der Waals surface area (Å²) in [5.74, 6) is -4.59. The summed E-state index contributed by atoms with van der Waals surface area (Å²) in [6.45, 7) is 1.20. The number of esters is 1. The van der Waals surface area contributed by atoms with E-state index in [2.05, 4.69) is 10.1 Å². The van der Waals surface area contributed by atoms with Crippen molar-refractivity contribution in [2.24, 2.45) is 5.92 Å². The second-order valence-electron chi connectivity index (χ2n) is 5.32. The van der Waals surface area contributed by atoms with Crippen molar-refractivity contribution in [3.05, 3.63) is 23.8 Å². The Morgan fingerprint density at radius 1 is 1.36 bits per heavy atom. The number of hydrogen-bond acceptors (Lipinski definition) is 6. The molecule has 1 aliphatic heterocycles. The fourth-order valence-electron chi connectivity index (χ4n) is 2.55. The fourth-order valence-corrected chi connectivity index (χ4v) is 2.83. The summed E-state index contributed by atoms with van der Waals surface area (Å²) < 4.78 is 45.1. The third kappa shape index (κ3) is 3.42. The third-order valence-electron chi connectivity index (χ3n) is 3.71. The molecule has 0 aromatic heterocycles. The van der Waals surface area contributed by atoms with Crippen LogP contribution in [0, 0.1) is 5.92 Å². The summed E-state index contributed by atoms with van der Waals surface area (Å²) in [5.41, 5.74) is -3.69. The van der Waals surface area contributed by atoms with Crippen LogP contribution in [0.4, 0.5) is 13.2 Å². The van der Waals surface area contributed by atoms with Crippen LogP contribution in [-0.2, 0) is 9.53 Å². The average molecular weight is 380 g/mol. The van der Waals surface area contributed by atoms with Gasteiger partial charge >= 0.3 is 12.1 Å². The first-order valence-corrected chi connectivity index (χ1v) is 7.48. The zero-order valence-electron chi connectivity index (χ0n) is 12.8. The van der Waals surface area contributed by atoms with E-state index < -0.39 is 46.4 Å². The molecular formula is C14H15F3N2O5S. The third-order valence-corrected chi connectivity index (χ3v) is 3.93. The van der Waals surface area contributed by atoms with Crippen molar-refractivity contribution in [3.63, 3.8) is 0 Å². The highest BCUT2D eigenvalue weighted by atomic mass is 32.1. The van der Waals surface area contributed by atoms with Gasteiger partial charge in [-0.3, -0.25) is 4.79 Å². The molecule has 0 aliphatic carbocycles. The van der Waals surface area contributed by atoms with E-state index in [1.807, 2.05) is 0 Å². The van der Waals surface area contributed by atoms with E-state index in [4.69, 9.17) is 12.2 Å². The van der Waals surface area contributed by atoms with Gasteiger partial charge < -0.3 is 30.7 Å². The Morgan fingerprint density at radius 2 is 2.00 bits per heavy atom. The second kappa shape index (κ2) is 6.56. The maximum atomic E-state index is 13.5. The lowest BCUT2D eigenvalue weighted by molar-refractivity contribution is -0.292. The number of benzene rings is 1. The van der Waals surface area contributed by atoms with Gasteiger partial charge in [-0.1, -0.05) is 6.07 Å². The van der Waals surface area contributed by atoms with Crippen molar-refractivity contribution in [3.8, 4) is 11.5 Å². The number of carbonyl (C=O) groups excluding carboxylic acids is 1. The highest BCUT2D eigenvalue weighted by molar-refractivity contribution is 7.80. The normalized spacial score (nSPS) is 26.5. The van der Waals surface area contributed by atoms with Crippen molar-refractivity contribution < 1.29 is 38.0 Å². The molecule has 3 atom stereocenters. The molecular weight excluding hydrogens is 365 g/mol. The number of aromatic hydroxyl groups is 2. The lowest BCUT2D eigenvalue weighted by Gasteiger charge is -2.45. The monoisotopic (exact) mass is 380 g/mol. The van der Waals surface area contributed by atoms with Crippen LogP contribution in [0.3, 0.4) is 0 Å². The van der Waals surface area contributed by atoms with Gasteiger partial charge in [-0.25, -0.2) is 0 Å². The molecule has 0 spiro atoms. The minimum absolute atomic E-state index is 0.0140. The maximum Gasteiger partial charge on any atom is 0.437 e. The Kier molecular flexibility index (Phi) is 5.00. The smallest absolute Gasteiger partial charge is 0.437 e. The zero-order valence-corrected chi connectivity index (χ0v) is 13.6. The maximum absolute atomic E-state index is 13.5. The number of phenolic OH excluding ortho intramolecular Hbond substituents is 2. The standard InChI is InChI=1S/C14H15F3N2O5S/c1-2-24-11(22)9-10(6-3-4-7(20)8(21)5-6)18-12(25)19-13(9,23)14(15,16)17/h3-5,9-10,20-21,23H,2H2,1H3,(H2,18,19,25)/t9-,10+,13+/m1/s1. The number of phenols is 2. The topological polar surface area (TPSA) is 111 Å². The Bertz CT molecular complexity index is 700. The second-order valence-corrected chi connectivity index (χ2v) is 5.73. The first-order chi connectivity index (χ1) is 11.5. The summed E-state index contributed by atoms with van der Waals surface area (Å²) >= 11 is 4.72. The molecule has 0 radical (unpaired) electrons. The SMILES string of the molecule is CCOC(=O)[C@H]1[C@H](c2ccc(O)c(O)c2)NC(=S)N[C@@]1(O)C(F)(F)F. The van der Waals surface area contributed by atoms with E-state index in [0.717, 1.165) is 12.1 Å². The molecule has 0 amide bonds. The molecule has 1 fully saturated rings. The molecule has 1 aromatic carbocycles. The Labute approximate surface area is 145 Å². The van der Waals surface area contributed by atoms with Crippen molar-refractivity contribution in [2.45, 2.75) is 24.9 Å². The number of thiocarbonyl (C=S) groups is 1. The van der Waals surface area contributed by atoms with E-state index in [9.17, 15) is 33.3 Å². The van der Waals surface area contributed by atoms with Crippen LogP contribution < -0.4 is 10.6 Å². The van der Waals surface area contributed by atoms with Crippen LogP contribution in [0.15, 0.2) is 18.2 Å². The number of aliphatic hydroxyl groups is 1. The molecule has 1 heterocycles. The summed E-state index contributed by atoms with van der Waals surface area (Å²) in [6.07, 6.45) is -5.26. The number of carbonyl (C=O) groups is 1. The van der Waals surface area contributed by atoms with Crippen LogP contribution >= 0.6 is 12.2 Å². The predicted molar refractivity (Wildman–Crippen MR) is 82.5 cm³/mol. The highest BCUT2D eigenvalue weighted by Gasteiger charge is 2.66. The van der Waals surface area contributed by atoms with Gasteiger partial charge in [0.25, 0.3) is 5.72 Å². The Balaban J connectivity index is 2.59. The van der Waals surface area contributed by atoms with Crippen LogP contribution in [0.5, 0.6) is 11.5 Å². The number of nitrogens with one attached hydrogen (secondary N) is 2. The molecule has 138 valence electrons. The largest absolute Gasteiger partial charge is 0.504 e. The van der Waals surface area contributed by atoms with E-state index in [1.165, 1.54) is 13.0 Å². The Hall–Kier alpha value is -2.27. The van der Waals surface area contributed by atoms with E-state index in [-0.39, 0.29) is 12.2 Å². The van der Waals surface area contributed by atoms with Crippen molar-refractivity contribution >= 4 is 23.3 Å². The molecule has 1 saturated heterocycles. The van der Waals surface area contributed by atoms with Gasteiger partial charge in [-0.05, 0) is 36.8 Å². The molecule has 5 N–H and O–H groups in total. The summed E-state index contributed by atoms with van der Waals surface area (Å²) in [4.78, 5) is 12.2. The van der Waals surface area contributed by atoms with Crippen LogP contribution in [-0.4, -0.2) is 44.9 Å². The number of hydrogen-bond donors (Lipinski definition) is 5. The lowest BCUT2D eigenvalue weighted by Crippen LogP contribution is -2.73. The van der Waals surface area contributed by atoms with E-state index >= 15 is 0 Å². The molecule has 0 bridgehead atoms. The predicted octanol–water partition coefficient (Wildman–Crippen LogP) is 1.05. The molecule has 1 aromatic rings. The van der Waals surface area contributed by atoms with E-state index in [1.54, 1.807) is 5.32 Å². The number of rotatable bonds is 3. The van der Waals surface area contributed by atoms with E-state index in [0.29, 0.717) is 0 Å². The quantitative estimate of drug-likeness (QED) is 0.301. The van der Waals surface area contributed by atoms with Crippen LogP contribution in [0.2, 0.25) is 0 Å². The average Bonchev–Trinajstić information content (AvgIpc) is 2.48. The van der Waals surface area contributed by atoms with Crippen molar-refractivity contribution in [1.82, 2.24) is 10.6 Å². The van der Waals surface area contributed by atoms with Gasteiger partial charge in [0.1, 0.15) is 5.92 Å². The van der Waals surface area contributed by atoms with Crippen molar-refractivity contribution in [1.29, 1.82) is 0 Å². The first kappa shape index (κ1) is 19.1. The number of halogens is 3. The minimum Gasteiger partial charge on any atom is -0.504 e. The van der Waals surface area contributed by atoms with Gasteiger partial charge in [0.05, 0.1) is 12.6 Å². The van der Waals surface area contributed by atoms with Gasteiger partial charge in [-0.2, -0.15) is 13.2 Å². The lowest BCUT2D eigenvalue weighted by atomic mass is 9.82. The van der Waals surface area contributed by atoms with Gasteiger partial charge in [0, 0.05) is 0 Å². The van der Waals surface area contributed by atoms with Gasteiger partial charge in [-0.15, -0.1) is 0 Å². The molecule has 11 heteroatoms. The molecule has 7 nitrogen and oxygen atoms in total. The highest BCUT2D eigenvalue weighted by Crippen LogP contribution is 2.44. The fraction of sp³-hybridized carbons (Fsp3) is 0.429. The molecule has 1 aliphatic rings. The first-order valence-electron chi connectivity index (χ1n) is 7.07. The minimum atomic E-state index is -5.26.